The Hall–Kier alpha value is -1.31. The molecule has 0 bridgehead atoms. The van der Waals surface area contributed by atoms with Gasteiger partial charge in [-0.2, -0.15) is 4.31 Å². The highest BCUT2D eigenvalue weighted by atomic mass is 32.2. The molecule has 1 fully saturated rings. The maximum absolute atomic E-state index is 12.9. The van der Waals surface area contributed by atoms with Crippen LogP contribution in [0, 0.1) is 0 Å². The third-order valence-corrected chi connectivity index (χ3v) is 6.07. The van der Waals surface area contributed by atoms with Gasteiger partial charge in [0, 0.05) is 18.3 Å². The van der Waals surface area contributed by atoms with Crippen LogP contribution >= 0.6 is 0 Å². The number of benzene rings is 1. The highest BCUT2D eigenvalue weighted by Gasteiger charge is 2.37. The summed E-state index contributed by atoms with van der Waals surface area (Å²) in [4.78, 5) is 0.137. The Balaban J connectivity index is 2.08. The van der Waals surface area contributed by atoms with Crippen molar-refractivity contribution in [2.75, 3.05) is 25.5 Å². The molecule has 21 heavy (non-hydrogen) atoms. The summed E-state index contributed by atoms with van der Waals surface area (Å²) in [5, 5.41) is 9.38. The fraction of sp³-hybridized carbons (Fsp3) is 0.571. The molecule has 2 heterocycles. The number of nitrogens with zero attached hydrogens (tertiary/aromatic N) is 1. The van der Waals surface area contributed by atoms with E-state index in [-0.39, 0.29) is 17.5 Å². The Morgan fingerprint density at radius 3 is 2.95 bits per heavy atom. The molecule has 7 heteroatoms. The topological polar surface area (TPSA) is 92.9 Å². The van der Waals surface area contributed by atoms with Crippen LogP contribution in [-0.2, 0) is 16.4 Å². The third-order valence-electron chi connectivity index (χ3n) is 4.11. The van der Waals surface area contributed by atoms with Gasteiger partial charge in [-0.1, -0.05) is 0 Å². The predicted molar refractivity (Wildman–Crippen MR) is 78.7 cm³/mol. The van der Waals surface area contributed by atoms with E-state index in [1.54, 1.807) is 6.07 Å². The zero-order valence-electron chi connectivity index (χ0n) is 11.8. The summed E-state index contributed by atoms with van der Waals surface area (Å²) >= 11 is 0. The standard InChI is InChI=1S/C14H20N2O4S/c15-11-7-10-3-2-6-20-14(10)13(8-11)21(18,19)16-5-1-4-12(16)9-17/h7-8,12,17H,1-6,9,15H2/t12-/m0/s1. The van der Waals surface area contributed by atoms with Crippen molar-refractivity contribution in [1.29, 1.82) is 0 Å². The lowest BCUT2D eigenvalue weighted by Crippen LogP contribution is -2.38. The van der Waals surface area contributed by atoms with Crippen LogP contribution in [0.15, 0.2) is 17.0 Å². The highest BCUT2D eigenvalue weighted by molar-refractivity contribution is 7.89. The number of hydrogen-bond acceptors (Lipinski definition) is 5. The summed E-state index contributed by atoms with van der Waals surface area (Å²) in [5.74, 6) is 0.430. The fourth-order valence-electron chi connectivity index (χ4n) is 3.10. The molecule has 6 nitrogen and oxygen atoms in total. The number of aryl methyl sites for hydroxylation is 1. The number of anilines is 1. The lowest BCUT2D eigenvalue weighted by molar-refractivity contribution is 0.213. The molecule has 1 saturated heterocycles. The van der Waals surface area contributed by atoms with Crippen molar-refractivity contribution in [2.45, 2.75) is 36.6 Å². The number of rotatable bonds is 3. The van der Waals surface area contributed by atoms with Gasteiger partial charge in [0.15, 0.2) is 0 Å². The van der Waals surface area contributed by atoms with Gasteiger partial charge < -0.3 is 15.6 Å². The second-order valence-corrected chi connectivity index (χ2v) is 7.41. The molecule has 0 radical (unpaired) electrons. The second-order valence-electron chi connectivity index (χ2n) is 5.55. The molecule has 1 aromatic carbocycles. The molecule has 3 rings (SSSR count). The van der Waals surface area contributed by atoms with Crippen LogP contribution in [-0.4, -0.2) is 43.6 Å². The Morgan fingerprint density at radius 2 is 2.19 bits per heavy atom. The fourth-order valence-corrected chi connectivity index (χ4v) is 4.99. The molecule has 3 N–H and O–H groups in total. The molecule has 0 spiro atoms. The number of nitrogen functional groups attached to an aromatic ring is 1. The number of aliphatic hydroxyl groups is 1. The van der Waals surface area contributed by atoms with Crippen molar-refractivity contribution in [3.8, 4) is 5.75 Å². The predicted octanol–water partition coefficient (Wildman–Crippen LogP) is 0.739. The van der Waals surface area contributed by atoms with Gasteiger partial charge in [-0.25, -0.2) is 8.42 Å². The van der Waals surface area contributed by atoms with Gasteiger partial charge in [0.2, 0.25) is 10.0 Å². The highest BCUT2D eigenvalue weighted by Crippen LogP contribution is 2.37. The van der Waals surface area contributed by atoms with Crippen LogP contribution in [0.3, 0.4) is 0 Å². The van der Waals surface area contributed by atoms with Crippen LogP contribution in [0.25, 0.3) is 0 Å². The van der Waals surface area contributed by atoms with Crippen molar-refractivity contribution >= 4 is 15.7 Å². The van der Waals surface area contributed by atoms with Gasteiger partial charge >= 0.3 is 0 Å². The minimum atomic E-state index is -3.70. The first-order valence-electron chi connectivity index (χ1n) is 7.22. The van der Waals surface area contributed by atoms with Crippen LogP contribution in [0.2, 0.25) is 0 Å². The molecule has 2 aliphatic heterocycles. The van der Waals surface area contributed by atoms with Gasteiger partial charge in [0.05, 0.1) is 13.2 Å². The summed E-state index contributed by atoms with van der Waals surface area (Å²) < 4.78 is 32.8. The van der Waals surface area contributed by atoms with Crippen LogP contribution in [0.1, 0.15) is 24.8 Å². The van der Waals surface area contributed by atoms with Gasteiger partial charge in [-0.05, 0) is 43.4 Å². The molecule has 0 saturated carbocycles. The van der Waals surface area contributed by atoms with Crippen molar-refractivity contribution in [2.24, 2.45) is 0 Å². The first kappa shape index (κ1) is 14.6. The summed E-state index contributed by atoms with van der Waals surface area (Å²) in [5.41, 5.74) is 7.13. The van der Waals surface area contributed by atoms with Crippen molar-refractivity contribution < 1.29 is 18.3 Å². The molecule has 1 aromatic rings. The SMILES string of the molecule is Nc1cc2c(c(S(=O)(=O)N3CCC[C@H]3CO)c1)OCCC2. The van der Waals surface area contributed by atoms with E-state index in [1.165, 1.54) is 10.4 Å². The number of hydrogen-bond donors (Lipinski definition) is 2. The van der Waals surface area contributed by atoms with E-state index in [0.717, 1.165) is 24.8 Å². The number of nitrogens with two attached hydrogens (primary N) is 1. The zero-order valence-corrected chi connectivity index (χ0v) is 12.6. The van der Waals surface area contributed by atoms with Crippen molar-refractivity contribution in [3.63, 3.8) is 0 Å². The van der Waals surface area contributed by atoms with Gasteiger partial charge in [0.25, 0.3) is 0 Å². The first-order valence-corrected chi connectivity index (χ1v) is 8.66. The maximum atomic E-state index is 12.9. The van der Waals surface area contributed by atoms with Crippen molar-refractivity contribution in [1.82, 2.24) is 4.31 Å². The molecule has 0 aromatic heterocycles. The monoisotopic (exact) mass is 312 g/mol. The summed E-state index contributed by atoms with van der Waals surface area (Å²) in [6.45, 7) is 0.782. The third kappa shape index (κ3) is 2.49. The zero-order chi connectivity index (χ0) is 15.0. The number of fused-ring (bicyclic) bond motifs is 1. The van der Waals surface area contributed by atoms with Crippen molar-refractivity contribution in [3.05, 3.63) is 17.7 Å². The maximum Gasteiger partial charge on any atom is 0.247 e. The van der Waals surface area contributed by atoms with E-state index in [9.17, 15) is 13.5 Å². The van der Waals surface area contributed by atoms with E-state index in [2.05, 4.69) is 0 Å². The minimum Gasteiger partial charge on any atom is -0.492 e. The normalized spacial score (nSPS) is 22.8. The molecule has 0 aliphatic carbocycles. The minimum absolute atomic E-state index is 0.137. The number of ether oxygens (including phenoxy) is 1. The Kier molecular flexibility index (Phi) is 3.81. The molecule has 1 atom stereocenters. The Labute approximate surface area is 124 Å². The quantitative estimate of drug-likeness (QED) is 0.803. The molecule has 116 valence electrons. The number of sulfonamides is 1. The Bertz CT molecular complexity index is 645. The molecular weight excluding hydrogens is 292 g/mol. The lowest BCUT2D eigenvalue weighted by Gasteiger charge is -2.26. The smallest absolute Gasteiger partial charge is 0.247 e. The second kappa shape index (κ2) is 5.47. The number of aliphatic hydroxyl groups excluding tert-OH is 1. The largest absolute Gasteiger partial charge is 0.492 e. The van der Waals surface area contributed by atoms with E-state index in [1.807, 2.05) is 0 Å². The Morgan fingerprint density at radius 1 is 1.38 bits per heavy atom. The molecule has 2 aliphatic rings. The lowest BCUT2D eigenvalue weighted by atomic mass is 10.1. The van der Waals surface area contributed by atoms with Gasteiger partial charge in [-0.15, -0.1) is 0 Å². The van der Waals surface area contributed by atoms with Crippen LogP contribution in [0.5, 0.6) is 5.75 Å². The molecular formula is C14H20N2O4S. The van der Waals surface area contributed by atoms with Gasteiger partial charge in [0.1, 0.15) is 10.6 Å². The molecule has 0 unspecified atom stereocenters. The summed E-state index contributed by atoms with van der Waals surface area (Å²) in [6.07, 6.45) is 3.07. The average molecular weight is 312 g/mol. The van der Waals surface area contributed by atoms with Crippen LogP contribution in [0.4, 0.5) is 5.69 Å². The summed E-state index contributed by atoms with van der Waals surface area (Å²) in [7, 11) is -3.70. The van der Waals surface area contributed by atoms with Gasteiger partial charge in [-0.3, -0.25) is 0 Å². The van der Waals surface area contributed by atoms with E-state index in [4.69, 9.17) is 10.5 Å². The molecule has 0 amide bonds. The van der Waals surface area contributed by atoms with Crippen LogP contribution < -0.4 is 10.5 Å². The average Bonchev–Trinajstić information content (AvgIpc) is 2.95. The van der Waals surface area contributed by atoms with E-state index in [0.29, 0.717) is 31.0 Å². The van der Waals surface area contributed by atoms with E-state index >= 15 is 0 Å². The summed E-state index contributed by atoms with van der Waals surface area (Å²) in [6, 6.07) is 2.89. The first-order chi connectivity index (χ1) is 10.0. The van der Waals surface area contributed by atoms with E-state index < -0.39 is 10.0 Å².